The molecule has 2 aliphatic heterocycles. The molecule has 0 N–H and O–H groups in total. The van der Waals surface area contributed by atoms with Crippen LogP contribution in [0.3, 0.4) is 0 Å². The second-order valence-corrected chi connectivity index (χ2v) is 11.5. The average Bonchev–Trinajstić information content (AvgIpc) is 3.82. The number of fused-ring (bicyclic) bond motifs is 1. The fourth-order valence-corrected chi connectivity index (χ4v) is 6.57. The summed E-state index contributed by atoms with van der Waals surface area (Å²) in [5.41, 5.74) is 2.93. The summed E-state index contributed by atoms with van der Waals surface area (Å²) in [6, 6.07) is 31.0. The van der Waals surface area contributed by atoms with Crippen LogP contribution in [0.5, 0.6) is 0 Å². The molecule has 5 heteroatoms. The maximum atomic E-state index is 6.92. The molecule has 2 aliphatic carbocycles. The molecule has 2 saturated carbocycles. The van der Waals surface area contributed by atoms with Crippen LogP contribution in [0.25, 0.3) is 0 Å². The lowest BCUT2D eigenvalue weighted by atomic mass is 9.96. The molecule has 2 saturated heterocycles. The molecule has 7 rings (SSSR count). The lowest BCUT2D eigenvalue weighted by Gasteiger charge is -2.42. The molecule has 0 radical (unpaired) electrons. The fraction of sp³-hybridized carbons (Fsp3) is 0.455. The summed E-state index contributed by atoms with van der Waals surface area (Å²) in [4.78, 5) is 0. The Hall–Kier alpha value is -2.54. The summed E-state index contributed by atoms with van der Waals surface area (Å²) in [7, 11) is 0. The van der Waals surface area contributed by atoms with Gasteiger partial charge in [-0.2, -0.15) is 0 Å². The van der Waals surface area contributed by atoms with E-state index in [0.717, 1.165) is 48.8 Å². The molecule has 0 amide bonds. The Bertz CT molecular complexity index is 1210. The monoisotopic (exact) mass is 512 g/mol. The third kappa shape index (κ3) is 4.72. The van der Waals surface area contributed by atoms with Crippen molar-refractivity contribution < 1.29 is 23.7 Å². The Kier molecular flexibility index (Phi) is 6.38. The minimum atomic E-state index is -0.563. The van der Waals surface area contributed by atoms with E-state index in [1.54, 1.807) is 0 Å². The number of benzene rings is 3. The molecule has 38 heavy (non-hydrogen) atoms. The first kappa shape index (κ1) is 24.5. The van der Waals surface area contributed by atoms with Crippen molar-refractivity contribution in [1.82, 2.24) is 0 Å². The molecule has 5 nitrogen and oxygen atoms in total. The summed E-state index contributed by atoms with van der Waals surface area (Å²) in [6.45, 7) is 2.03. The van der Waals surface area contributed by atoms with Crippen molar-refractivity contribution in [1.29, 1.82) is 0 Å². The fourth-order valence-electron chi connectivity index (χ4n) is 6.57. The van der Waals surface area contributed by atoms with Crippen molar-refractivity contribution in [2.75, 3.05) is 6.61 Å². The molecular formula is C33H36O5. The van der Waals surface area contributed by atoms with E-state index < -0.39 is 11.4 Å². The van der Waals surface area contributed by atoms with Gasteiger partial charge in [0.1, 0.15) is 11.7 Å². The number of rotatable bonds is 10. The normalized spacial score (nSPS) is 32.4. The van der Waals surface area contributed by atoms with Gasteiger partial charge in [-0.25, -0.2) is 0 Å². The quantitative estimate of drug-likeness (QED) is 0.324. The van der Waals surface area contributed by atoms with Gasteiger partial charge in [0.05, 0.1) is 38.1 Å². The highest BCUT2D eigenvalue weighted by molar-refractivity contribution is 5.26. The third-order valence-corrected chi connectivity index (χ3v) is 8.83. The Morgan fingerprint density at radius 3 is 1.87 bits per heavy atom. The Morgan fingerprint density at radius 2 is 1.26 bits per heavy atom. The van der Waals surface area contributed by atoms with E-state index in [-0.39, 0.29) is 23.7 Å². The molecular weight excluding hydrogens is 476 g/mol. The molecule has 0 aromatic heterocycles. The molecule has 4 fully saturated rings. The smallest absolute Gasteiger partial charge is 0.170 e. The van der Waals surface area contributed by atoms with E-state index in [1.807, 2.05) is 30.3 Å². The van der Waals surface area contributed by atoms with E-state index in [0.29, 0.717) is 26.4 Å². The SMILES string of the molecule is c1ccc(COCC2OC3(CCC4(CC4)O3)CC3C(OCc4ccccc4)C23OCc2ccccc2)cc1. The van der Waals surface area contributed by atoms with Crippen molar-refractivity contribution in [2.24, 2.45) is 5.92 Å². The zero-order valence-electron chi connectivity index (χ0n) is 21.8. The highest BCUT2D eigenvalue weighted by atomic mass is 16.7. The van der Waals surface area contributed by atoms with Gasteiger partial charge in [0.15, 0.2) is 5.79 Å². The van der Waals surface area contributed by atoms with Crippen molar-refractivity contribution >= 4 is 0 Å². The Balaban J connectivity index is 1.14. The molecule has 3 aromatic rings. The largest absolute Gasteiger partial charge is 0.374 e. The summed E-state index contributed by atoms with van der Waals surface area (Å²) in [5, 5.41) is 0. The van der Waals surface area contributed by atoms with Gasteiger partial charge in [0.2, 0.25) is 0 Å². The van der Waals surface area contributed by atoms with Crippen LogP contribution in [0.1, 0.15) is 48.8 Å². The van der Waals surface area contributed by atoms with E-state index in [1.165, 1.54) is 0 Å². The van der Waals surface area contributed by atoms with E-state index in [2.05, 4.69) is 60.7 Å². The van der Waals surface area contributed by atoms with Crippen molar-refractivity contribution in [3.63, 3.8) is 0 Å². The van der Waals surface area contributed by atoms with Gasteiger partial charge in [-0.1, -0.05) is 91.0 Å². The summed E-state index contributed by atoms with van der Waals surface area (Å²) in [5.74, 6) is -0.366. The predicted octanol–water partition coefficient (Wildman–Crippen LogP) is 6.20. The van der Waals surface area contributed by atoms with E-state index >= 15 is 0 Å². The first-order chi connectivity index (χ1) is 18.7. The minimum absolute atomic E-state index is 0.0373. The van der Waals surface area contributed by atoms with Gasteiger partial charge in [0, 0.05) is 18.8 Å². The molecule has 5 unspecified atom stereocenters. The van der Waals surface area contributed by atoms with Crippen LogP contribution in [0, 0.1) is 5.92 Å². The highest BCUT2D eigenvalue weighted by Crippen LogP contribution is 2.65. The van der Waals surface area contributed by atoms with Gasteiger partial charge in [-0.3, -0.25) is 0 Å². The summed E-state index contributed by atoms with van der Waals surface area (Å²) < 4.78 is 33.4. The minimum Gasteiger partial charge on any atom is -0.374 e. The van der Waals surface area contributed by atoms with Crippen LogP contribution >= 0.6 is 0 Å². The molecule has 0 bridgehead atoms. The number of hydrogen-bond acceptors (Lipinski definition) is 5. The van der Waals surface area contributed by atoms with Crippen LogP contribution in [-0.2, 0) is 43.5 Å². The van der Waals surface area contributed by atoms with Gasteiger partial charge < -0.3 is 23.7 Å². The zero-order chi connectivity index (χ0) is 25.5. The first-order valence-corrected chi connectivity index (χ1v) is 14.0. The van der Waals surface area contributed by atoms with E-state index in [9.17, 15) is 0 Å². The second kappa shape index (κ2) is 9.89. The van der Waals surface area contributed by atoms with Gasteiger partial charge >= 0.3 is 0 Å². The lowest BCUT2D eigenvalue weighted by molar-refractivity contribution is -0.310. The molecule has 3 aromatic carbocycles. The first-order valence-electron chi connectivity index (χ1n) is 14.0. The van der Waals surface area contributed by atoms with Gasteiger partial charge in [-0.15, -0.1) is 0 Å². The molecule has 2 heterocycles. The third-order valence-electron chi connectivity index (χ3n) is 8.83. The van der Waals surface area contributed by atoms with E-state index in [4.69, 9.17) is 23.7 Å². The Morgan fingerprint density at radius 1 is 0.684 bits per heavy atom. The molecule has 198 valence electrons. The van der Waals surface area contributed by atoms with Crippen LogP contribution < -0.4 is 0 Å². The van der Waals surface area contributed by atoms with Crippen LogP contribution in [0.4, 0.5) is 0 Å². The average molecular weight is 513 g/mol. The van der Waals surface area contributed by atoms with Crippen LogP contribution in [-0.4, -0.2) is 35.8 Å². The molecule has 5 atom stereocenters. The molecule has 4 aliphatic rings. The van der Waals surface area contributed by atoms with Crippen molar-refractivity contribution in [2.45, 2.75) is 81.1 Å². The van der Waals surface area contributed by atoms with Crippen molar-refractivity contribution in [3.05, 3.63) is 108 Å². The summed E-state index contributed by atoms with van der Waals surface area (Å²) >= 11 is 0. The van der Waals surface area contributed by atoms with Crippen LogP contribution in [0.15, 0.2) is 91.0 Å². The maximum absolute atomic E-state index is 6.92. The van der Waals surface area contributed by atoms with Gasteiger partial charge in [0.25, 0.3) is 0 Å². The van der Waals surface area contributed by atoms with Crippen LogP contribution in [0.2, 0.25) is 0 Å². The summed E-state index contributed by atoms with van der Waals surface area (Å²) in [6.07, 6.45) is 4.74. The maximum Gasteiger partial charge on any atom is 0.170 e. The van der Waals surface area contributed by atoms with Gasteiger partial charge in [-0.05, 0) is 36.0 Å². The second-order valence-electron chi connectivity index (χ2n) is 11.5. The predicted molar refractivity (Wildman–Crippen MR) is 143 cm³/mol. The zero-order valence-corrected chi connectivity index (χ0v) is 21.8. The number of ether oxygens (including phenoxy) is 5. The topological polar surface area (TPSA) is 46.2 Å². The lowest BCUT2D eigenvalue weighted by Crippen LogP contribution is -2.52. The molecule has 2 spiro atoms. The van der Waals surface area contributed by atoms with Crippen molar-refractivity contribution in [3.8, 4) is 0 Å². The number of hydrogen-bond donors (Lipinski definition) is 0. The Labute approximate surface area is 225 Å². The standard InChI is InChI=1S/C33H36O5/c1-4-10-25(11-5-1)21-34-24-29-33(36-23-27-14-8-3-9-15-27)28(30(33)35-22-26-12-6-2-7-13-26)20-32(37-29)19-18-31(38-32)16-17-31/h1-15,28-30H,16-24H2. The highest BCUT2D eigenvalue weighted by Gasteiger charge is 2.78.